The van der Waals surface area contributed by atoms with Crippen LogP contribution < -0.4 is 0 Å². The number of carboxylic acid groups (broad SMARTS) is 1. The van der Waals surface area contributed by atoms with Gasteiger partial charge in [0.25, 0.3) is 5.91 Å². The van der Waals surface area contributed by atoms with E-state index < -0.39 is 5.97 Å². The second-order valence-electron chi connectivity index (χ2n) is 5.17. The van der Waals surface area contributed by atoms with Gasteiger partial charge in [-0.25, -0.2) is 9.78 Å². The molecule has 0 spiro atoms. The molecule has 1 aliphatic heterocycles. The summed E-state index contributed by atoms with van der Waals surface area (Å²) in [5, 5.41) is 8.91. The van der Waals surface area contributed by atoms with Gasteiger partial charge < -0.3 is 10.0 Å². The molecule has 102 valence electrons. The first-order chi connectivity index (χ1) is 9.00. The third-order valence-electron chi connectivity index (χ3n) is 3.52. The lowest BCUT2D eigenvalue weighted by Crippen LogP contribution is -2.39. The zero-order chi connectivity index (χ0) is 14.0. The molecular weight excluding hydrogens is 244 g/mol. The number of hydrogen-bond acceptors (Lipinski definition) is 3. The highest BCUT2D eigenvalue weighted by molar-refractivity contribution is 5.94. The molecule has 1 unspecified atom stereocenters. The Labute approximate surface area is 112 Å². The van der Waals surface area contributed by atoms with Crippen molar-refractivity contribution in [2.24, 2.45) is 5.92 Å². The number of carbonyl (C=O) groups is 2. The summed E-state index contributed by atoms with van der Waals surface area (Å²) in [6.07, 6.45) is 2.00. The molecule has 1 saturated heterocycles. The summed E-state index contributed by atoms with van der Waals surface area (Å²) in [5.41, 5.74) is 0.124. The second kappa shape index (κ2) is 5.38. The summed E-state index contributed by atoms with van der Waals surface area (Å²) in [6.45, 7) is 4.91. The number of hydrogen-bond donors (Lipinski definition) is 1. The summed E-state index contributed by atoms with van der Waals surface area (Å²) >= 11 is 0. The van der Waals surface area contributed by atoms with E-state index in [1.54, 1.807) is 12.1 Å². The fourth-order valence-electron chi connectivity index (χ4n) is 2.56. The van der Waals surface area contributed by atoms with Crippen LogP contribution in [0.1, 0.15) is 47.7 Å². The Kier molecular flexibility index (Phi) is 3.83. The van der Waals surface area contributed by atoms with Crippen LogP contribution in [0.2, 0.25) is 0 Å². The van der Waals surface area contributed by atoms with Gasteiger partial charge in [-0.3, -0.25) is 4.79 Å². The minimum atomic E-state index is -1.11. The van der Waals surface area contributed by atoms with Crippen molar-refractivity contribution in [3.8, 4) is 0 Å². The highest BCUT2D eigenvalue weighted by Crippen LogP contribution is 2.25. The molecule has 5 nitrogen and oxygen atoms in total. The van der Waals surface area contributed by atoms with Gasteiger partial charge in [-0.05, 0) is 30.9 Å². The van der Waals surface area contributed by atoms with E-state index in [2.05, 4.69) is 18.8 Å². The zero-order valence-electron chi connectivity index (χ0n) is 11.2. The number of pyridine rings is 1. The van der Waals surface area contributed by atoms with Crippen LogP contribution in [-0.4, -0.2) is 39.5 Å². The van der Waals surface area contributed by atoms with Crippen molar-refractivity contribution in [2.75, 3.05) is 6.54 Å². The lowest BCUT2D eigenvalue weighted by molar-refractivity contribution is 0.0685. The molecule has 1 N–H and O–H groups in total. The summed E-state index contributed by atoms with van der Waals surface area (Å²) < 4.78 is 0. The first kappa shape index (κ1) is 13.5. The fraction of sp³-hybridized carbons (Fsp3) is 0.500. The number of aromatic nitrogens is 1. The first-order valence-corrected chi connectivity index (χ1v) is 6.52. The molecule has 5 heteroatoms. The van der Waals surface area contributed by atoms with Crippen molar-refractivity contribution in [1.82, 2.24) is 9.88 Å². The molecule has 1 aliphatic rings. The smallest absolute Gasteiger partial charge is 0.354 e. The van der Waals surface area contributed by atoms with Crippen molar-refractivity contribution in [3.05, 3.63) is 29.6 Å². The molecule has 2 heterocycles. The lowest BCUT2D eigenvalue weighted by atomic mass is 10.0. The average Bonchev–Trinajstić information content (AvgIpc) is 2.87. The van der Waals surface area contributed by atoms with Gasteiger partial charge in [0.15, 0.2) is 0 Å². The van der Waals surface area contributed by atoms with Crippen LogP contribution in [0, 0.1) is 5.92 Å². The summed E-state index contributed by atoms with van der Waals surface area (Å²) in [6, 6.07) is 4.75. The van der Waals surface area contributed by atoms with Crippen molar-refractivity contribution in [3.63, 3.8) is 0 Å². The monoisotopic (exact) mass is 262 g/mol. The van der Waals surface area contributed by atoms with Gasteiger partial charge in [0, 0.05) is 12.6 Å². The SMILES string of the molecule is CC(C)C1CCCN1C(=O)c1cccc(C(=O)O)n1. The Balaban J connectivity index is 2.24. The quantitative estimate of drug-likeness (QED) is 0.905. The molecule has 0 saturated carbocycles. The predicted molar refractivity (Wildman–Crippen MR) is 70.1 cm³/mol. The third kappa shape index (κ3) is 2.75. The van der Waals surface area contributed by atoms with Crippen LogP contribution in [0.4, 0.5) is 0 Å². The number of carbonyl (C=O) groups excluding carboxylic acids is 1. The van der Waals surface area contributed by atoms with E-state index in [4.69, 9.17) is 5.11 Å². The Morgan fingerprint density at radius 2 is 2.05 bits per heavy atom. The van der Waals surface area contributed by atoms with Crippen LogP contribution in [0.25, 0.3) is 0 Å². The maximum absolute atomic E-state index is 12.4. The van der Waals surface area contributed by atoms with Crippen LogP contribution in [0.5, 0.6) is 0 Å². The topological polar surface area (TPSA) is 70.5 Å². The van der Waals surface area contributed by atoms with E-state index in [9.17, 15) is 9.59 Å². The molecule has 0 aliphatic carbocycles. The summed E-state index contributed by atoms with van der Waals surface area (Å²) in [5.74, 6) is -0.884. The van der Waals surface area contributed by atoms with E-state index in [0.29, 0.717) is 5.92 Å². The molecule has 0 radical (unpaired) electrons. The van der Waals surface area contributed by atoms with Crippen molar-refractivity contribution < 1.29 is 14.7 Å². The molecule has 0 bridgehead atoms. The maximum atomic E-state index is 12.4. The van der Waals surface area contributed by atoms with E-state index in [0.717, 1.165) is 19.4 Å². The number of likely N-dealkylation sites (tertiary alicyclic amines) is 1. The molecule has 1 fully saturated rings. The van der Waals surface area contributed by atoms with Crippen molar-refractivity contribution >= 4 is 11.9 Å². The highest BCUT2D eigenvalue weighted by Gasteiger charge is 2.32. The predicted octanol–water partition coefficient (Wildman–Crippen LogP) is 2.04. The van der Waals surface area contributed by atoms with E-state index in [1.165, 1.54) is 6.07 Å². The molecule has 0 aromatic carbocycles. The van der Waals surface area contributed by atoms with Crippen LogP contribution >= 0.6 is 0 Å². The molecule has 19 heavy (non-hydrogen) atoms. The second-order valence-corrected chi connectivity index (χ2v) is 5.17. The third-order valence-corrected chi connectivity index (χ3v) is 3.52. The Morgan fingerprint density at radius 1 is 1.37 bits per heavy atom. The number of carboxylic acids is 1. The lowest BCUT2D eigenvalue weighted by Gasteiger charge is -2.27. The van der Waals surface area contributed by atoms with E-state index in [1.807, 2.05) is 4.90 Å². The minimum Gasteiger partial charge on any atom is -0.477 e. The standard InChI is InChI=1S/C14H18N2O3/c1-9(2)12-7-4-8-16(12)13(17)10-5-3-6-11(15-10)14(18)19/h3,5-6,9,12H,4,7-8H2,1-2H3,(H,18,19). The summed E-state index contributed by atoms with van der Waals surface area (Å²) in [7, 11) is 0. The molecule has 1 aromatic heterocycles. The molecular formula is C14H18N2O3. The highest BCUT2D eigenvalue weighted by atomic mass is 16.4. The first-order valence-electron chi connectivity index (χ1n) is 6.52. The van der Waals surface area contributed by atoms with Crippen molar-refractivity contribution in [1.29, 1.82) is 0 Å². The minimum absolute atomic E-state index is 0.0915. The van der Waals surface area contributed by atoms with Gasteiger partial charge in [-0.15, -0.1) is 0 Å². The maximum Gasteiger partial charge on any atom is 0.354 e. The zero-order valence-corrected chi connectivity index (χ0v) is 11.2. The number of aromatic carboxylic acids is 1. The number of rotatable bonds is 3. The van der Waals surface area contributed by atoms with E-state index >= 15 is 0 Å². The molecule has 1 atom stereocenters. The molecule has 1 aromatic rings. The van der Waals surface area contributed by atoms with Gasteiger partial charge in [-0.1, -0.05) is 19.9 Å². The molecule has 2 rings (SSSR count). The Bertz CT molecular complexity index is 499. The largest absolute Gasteiger partial charge is 0.477 e. The van der Waals surface area contributed by atoms with E-state index in [-0.39, 0.29) is 23.3 Å². The van der Waals surface area contributed by atoms with Gasteiger partial charge in [0.05, 0.1) is 0 Å². The average molecular weight is 262 g/mol. The van der Waals surface area contributed by atoms with Gasteiger partial charge >= 0.3 is 5.97 Å². The van der Waals surface area contributed by atoms with Crippen LogP contribution in [0.15, 0.2) is 18.2 Å². The Morgan fingerprint density at radius 3 is 2.68 bits per heavy atom. The van der Waals surface area contributed by atoms with Crippen molar-refractivity contribution in [2.45, 2.75) is 32.7 Å². The fourth-order valence-corrected chi connectivity index (χ4v) is 2.56. The number of amides is 1. The number of nitrogens with zero attached hydrogens (tertiary/aromatic N) is 2. The summed E-state index contributed by atoms with van der Waals surface area (Å²) in [4.78, 5) is 29.0. The Hall–Kier alpha value is -1.91. The normalized spacial score (nSPS) is 18.9. The van der Waals surface area contributed by atoms with Crippen LogP contribution in [0.3, 0.4) is 0 Å². The van der Waals surface area contributed by atoms with Gasteiger partial charge in [0.1, 0.15) is 11.4 Å². The van der Waals surface area contributed by atoms with Gasteiger partial charge in [-0.2, -0.15) is 0 Å². The van der Waals surface area contributed by atoms with Gasteiger partial charge in [0.2, 0.25) is 0 Å². The van der Waals surface area contributed by atoms with Crippen LogP contribution in [-0.2, 0) is 0 Å². The molecule has 1 amide bonds.